The number of anilines is 1. The molecule has 2 atom stereocenters. The van der Waals surface area contributed by atoms with E-state index in [1.807, 2.05) is 0 Å². The molecule has 74 valence electrons. The minimum Gasteiger partial charge on any atom is -0.371 e. The van der Waals surface area contributed by atoms with Gasteiger partial charge < -0.3 is 4.90 Å². The highest BCUT2D eigenvalue weighted by atomic mass is 15.2. The molecule has 1 nitrogen and oxygen atoms in total. The van der Waals surface area contributed by atoms with Crippen LogP contribution in [0.2, 0.25) is 0 Å². The molecule has 0 N–H and O–H groups in total. The van der Waals surface area contributed by atoms with Gasteiger partial charge in [0.1, 0.15) is 0 Å². The molecule has 0 amide bonds. The molecule has 1 aliphatic heterocycles. The Labute approximate surface area is 85.7 Å². The number of likely N-dealkylation sites (N-methyl/N-ethyl adjacent to an activating group) is 1. The van der Waals surface area contributed by atoms with Crippen molar-refractivity contribution in [3.63, 3.8) is 0 Å². The highest BCUT2D eigenvalue weighted by Crippen LogP contribution is 2.46. The second-order valence-corrected chi connectivity index (χ2v) is 4.63. The van der Waals surface area contributed by atoms with Gasteiger partial charge in [-0.2, -0.15) is 0 Å². The third-order valence-electron chi connectivity index (χ3n) is 3.94. The summed E-state index contributed by atoms with van der Waals surface area (Å²) in [6.07, 6.45) is 5.62. The van der Waals surface area contributed by atoms with E-state index in [0.717, 1.165) is 12.0 Å². The number of rotatable bonds is 0. The first-order valence-electron chi connectivity index (χ1n) is 5.69. The Morgan fingerprint density at radius 1 is 1.14 bits per heavy atom. The molecule has 1 heterocycles. The minimum atomic E-state index is 0.793. The third-order valence-corrected chi connectivity index (χ3v) is 3.94. The van der Waals surface area contributed by atoms with Crippen LogP contribution in [0.3, 0.4) is 0 Å². The highest BCUT2D eigenvalue weighted by molar-refractivity contribution is 5.61. The van der Waals surface area contributed by atoms with E-state index in [2.05, 4.69) is 36.2 Å². The van der Waals surface area contributed by atoms with Gasteiger partial charge in [-0.05, 0) is 24.5 Å². The van der Waals surface area contributed by atoms with Crippen LogP contribution in [-0.2, 0) is 0 Å². The number of para-hydroxylation sites is 1. The largest absolute Gasteiger partial charge is 0.371 e. The Bertz CT molecular complexity index is 345. The Hall–Kier alpha value is -0.980. The van der Waals surface area contributed by atoms with Gasteiger partial charge >= 0.3 is 0 Å². The lowest BCUT2D eigenvalue weighted by molar-refractivity contribution is 0.396. The van der Waals surface area contributed by atoms with E-state index in [9.17, 15) is 0 Å². The van der Waals surface area contributed by atoms with Crippen molar-refractivity contribution in [2.45, 2.75) is 37.6 Å². The summed E-state index contributed by atoms with van der Waals surface area (Å²) < 4.78 is 0. The molecule has 1 aromatic carbocycles. The molecular formula is C13H17N. The second kappa shape index (κ2) is 3.01. The van der Waals surface area contributed by atoms with Gasteiger partial charge in [0.25, 0.3) is 0 Å². The van der Waals surface area contributed by atoms with E-state index in [0.29, 0.717) is 0 Å². The molecule has 1 fully saturated rings. The minimum absolute atomic E-state index is 0.793. The SMILES string of the molecule is CN1c2ccccc2[C@H]2CCCC[C@H]21. The maximum atomic E-state index is 2.50. The number of hydrogen-bond donors (Lipinski definition) is 0. The van der Waals surface area contributed by atoms with E-state index in [4.69, 9.17) is 0 Å². The van der Waals surface area contributed by atoms with Crippen LogP contribution in [-0.4, -0.2) is 13.1 Å². The topological polar surface area (TPSA) is 3.24 Å². The van der Waals surface area contributed by atoms with Gasteiger partial charge in [0.05, 0.1) is 0 Å². The van der Waals surface area contributed by atoms with Crippen LogP contribution in [0, 0.1) is 0 Å². The van der Waals surface area contributed by atoms with Crippen LogP contribution in [0.15, 0.2) is 24.3 Å². The fourth-order valence-electron chi connectivity index (χ4n) is 3.24. The monoisotopic (exact) mass is 187 g/mol. The number of fused-ring (bicyclic) bond motifs is 3. The Kier molecular flexibility index (Phi) is 1.79. The lowest BCUT2D eigenvalue weighted by Gasteiger charge is -2.30. The van der Waals surface area contributed by atoms with Gasteiger partial charge in [0.2, 0.25) is 0 Å². The molecule has 0 spiro atoms. The molecule has 1 aromatic rings. The van der Waals surface area contributed by atoms with E-state index in [1.165, 1.54) is 31.4 Å². The summed E-state index contributed by atoms with van der Waals surface area (Å²) in [5.41, 5.74) is 3.07. The summed E-state index contributed by atoms with van der Waals surface area (Å²) in [5, 5.41) is 0. The zero-order chi connectivity index (χ0) is 9.54. The third kappa shape index (κ3) is 1.01. The van der Waals surface area contributed by atoms with Crippen molar-refractivity contribution in [2.75, 3.05) is 11.9 Å². The lowest BCUT2D eigenvalue weighted by atomic mass is 9.82. The first-order valence-corrected chi connectivity index (χ1v) is 5.69. The number of hydrogen-bond acceptors (Lipinski definition) is 1. The van der Waals surface area contributed by atoms with Gasteiger partial charge in [-0.25, -0.2) is 0 Å². The van der Waals surface area contributed by atoms with E-state index < -0.39 is 0 Å². The first-order chi connectivity index (χ1) is 6.88. The average Bonchev–Trinajstić information content (AvgIpc) is 2.55. The number of nitrogens with zero attached hydrogens (tertiary/aromatic N) is 1. The maximum absolute atomic E-state index is 2.50. The second-order valence-electron chi connectivity index (χ2n) is 4.63. The van der Waals surface area contributed by atoms with Crippen molar-refractivity contribution in [3.05, 3.63) is 29.8 Å². The standard InChI is InChI=1S/C13H17N/c1-14-12-8-4-2-6-10(12)11-7-3-5-9-13(11)14/h2,4,6,8,11,13H,3,5,7,9H2,1H3/t11-,13-/m1/s1. The van der Waals surface area contributed by atoms with Crippen LogP contribution >= 0.6 is 0 Å². The van der Waals surface area contributed by atoms with Crippen molar-refractivity contribution < 1.29 is 0 Å². The number of benzene rings is 1. The Morgan fingerprint density at radius 3 is 2.86 bits per heavy atom. The normalized spacial score (nSPS) is 29.9. The quantitative estimate of drug-likeness (QED) is 0.603. The Morgan fingerprint density at radius 2 is 1.93 bits per heavy atom. The van der Waals surface area contributed by atoms with E-state index in [-0.39, 0.29) is 0 Å². The smallest absolute Gasteiger partial charge is 0.0402 e. The molecule has 0 radical (unpaired) electrons. The molecule has 0 saturated heterocycles. The zero-order valence-corrected chi connectivity index (χ0v) is 8.74. The van der Waals surface area contributed by atoms with Gasteiger partial charge in [-0.3, -0.25) is 0 Å². The molecule has 0 unspecified atom stereocenters. The van der Waals surface area contributed by atoms with Crippen molar-refractivity contribution >= 4 is 5.69 Å². The predicted octanol–water partition coefficient (Wildman–Crippen LogP) is 3.16. The molecule has 3 rings (SSSR count). The van der Waals surface area contributed by atoms with Crippen LogP contribution in [0.4, 0.5) is 5.69 Å². The fourth-order valence-corrected chi connectivity index (χ4v) is 3.24. The van der Waals surface area contributed by atoms with Crippen molar-refractivity contribution in [1.82, 2.24) is 0 Å². The van der Waals surface area contributed by atoms with Gasteiger partial charge in [-0.1, -0.05) is 31.0 Å². The molecule has 0 bridgehead atoms. The van der Waals surface area contributed by atoms with E-state index >= 15 is 0 Å². The van der Waals surface area contributed by atoms with Gasteiger partial charge in [0, 0.05) is 24.7 Å². The average molecular weight is 187 g/mol. The van der Waals surface area contributed by atoms with Crippen LogP contribution in [0.1, 0.15) is 37.2 Å². The van der Waals surface area contributed by atoms with E-state index in [1.54, 1.807) is 5.56 Å². The molecule has 1 saturated carbocycles. The summed E-state index contributed by atoms with van der Waals surface area (Å²) in [7, 11) is 2.26. The van der Waals surface area contributed by atoms with Gasteiger partial charge in [0.15, 0.2) is 0 Å². The molecule has 2 aliphatic rings. The molecular weight excluding hydrogens is 170 g/mol. The van der Waals surface area contributed by atoms with Crippen molar-refractivity contribution in [3.8, 4) is 0 Å². The molecule has 0 aromatic heterocycles. The first kappa shape index (κ1) is 8.34. The summed E-state index contributed by atoms with van der Waals surface area (Å²) in [5.74, 6) is 0.824. The van der Waals surface area contributed by atoms with Gasteiger partial charge in [-0.15, -0.1) is 0 Å². The summed E-state index contributed by atoms with van der Waals surface area (Å²) in [6, 6.07) is 9.73. The van der Waals surface area contributed by atoms with Crippen molar-refractivity contribution in [1.29, 1.82) is 0 Å². The van der Waals surface area contributed by atoms with Crippen LogP contribution in [0.5, 0.6) is 0 Å². The maximum Gasteiger partial charge on any atom is 0.0402 e. The molecule has 1 aliphatic carbocycles. The summed E-state index contributed by atoms with van der Waals surface area (Å²) in [6.45, 7) is 0. The summed E-state index contributed by atoms with van der Waals surface area (Å²) >= 11 is 0. The lowest BCUT2D eigenvalue weighted by Crippen LogP contribution is -2.32. The molecule has 1 heteroatoms. The Balaban J connectivity index is 2.06. The van der Waals surface area contributed by atoms with Crippen LogP contribution < -0.4 is 4.90 Å². The summed E-state index contributed by atoms with van der Waals surface area (Å²) in [4.78, 5) is 2.50. The highest BCUT2D eigenvalue weighted by Gasteiger charge is 2.37. The fraction of sp³-hybridized carbons (Fsp3) is 0.538. The molecule has 14 heavy (non-hydrogen) atoms. The predicted molar refractivity (Wildman–Crippen MR) is 59.8 cm³/mol. The zero-order valence-electron chi connectivity index (χ0n) is 8.74. The van der Waals surface area contributed by atoms with Crippen LogP contribution in [0.25, 0.3) is 0 Å². The van der Waals surface area contributed by atoms with Crippen molar-refractivity contribution in [2.24, 2.45) is 0 Å².